The van der Waals surface area contributed by atoms with Gasteiger partial charge in [0.25, 0.3) is 5.91 Å². The molecule has 7 heteroatoms. The van der Waals surface area contributed by atoms with E-state index in [1.807, 2.05) is 12.1 Å². The minimum absolute atomic E-state index is 0.246. The molecule has 5 nitrogen and oxygen atoms in total. The molecule has 1 N–H and O–H groups in total. The van der Waals surface area contributed by atoms with Gasteiger partial charge in [-0.15, -0.1) is 11.3 Å². The number of carbonyl (C=O) groups excluding carboxylic acids is 1. The Bertz CT molecular complexity index is 1120. The zero-order valence-electron chi connectivity index (χ0n) is 15.2. The van der Waals surface area contributed by atoms with Crippen molar-refractivity contribution in [3.8, 4) is 10.7 Å². The van der Waals surface area contributed by atoms with E-state index in [1.165, 1.54) is 11.3 Å². The van der Waals surface area contributed by atoms with Gasteiger partial charge in [-0.2, -0.15) is 0 Å². The molecule has 142 valence electrons. The van der Waals surface area contributed by atoms with Gasteiger partial charge in [0, 0.05) is 40.6 Å². The Morgan fingerprint density at radius 2 is 2.00 bits per heavy atom. The first-order valence-electron chi connectivity index (χ1n) is 8.76. The molecule has 0 saturated carbocycles. The average molecular weight is 412 g/mol. The number of nitrogens with one attached hydrogen (secondary N) is 1. The molecule has 0 aliphatic heterocycles. The van der Waals surface area contributed by atoms with Crippen LogP contribution in [-0.2, 0) is 11.3 Å². The second-order valence-electron chi connectivity index (χ2n) is 6.23. The number of hydrogen-bond donors (Lipinski definition) is 1. The molecule has 2 aromatic carbocycles. The average Bonchev–Trinajstić information content (AvgIpc) is 3.33. The van der Waals surface area contributed by atoms with Crippen LogP contribution in [0.1, 0.15) is 10.5 Å². The molecule has 0 unspecified atom stereocenters. The molecule has 0 aliphatic carbocycles. The number of rotatable bonds is 6. The van der Waals surface area contributed by atoms with Crippen molar-refractivity contribution in [3.05, 3.63) is 70.7 Å². The highest BCUT2D eigenvalue weighted by Gasteiger charge is 2.16. The Hall–Kier alpha value is -2.67. The normalized spacial score (nSPS) is 11.1. The van der Waals surface area contributed by atoms with Crippen LogP contribution >= 0.6 is 22.9 Å². The third-order valence-electron chi connectivity index (χ3n) is 4.39. The number of halogens is 1. The molecule has 2 aromatic heterocycles. The van der Waals surface area contributed by atoms with E-state index >= 15 is 0 Å². The van der Waals surface area contributed by atoms with Crippen molar-refractivity contribution < 1.29 is 9.53 Å². The lowest BCUT2D eigenvalue weighted by Crippen LogP contribution is -2.12. The highest BCUT2D eigenvalue weighted by Crippen LogP contribution is 2.30. The first-order chi connectivity index (χ1) is 13.7. The molecule has 28 heavy (non-hydrogen) atoms. The molecule has 1 amide bonds. The molecule has 0 saturated heterocycles. The highest BCUT2D eigenvalue weighted by atomic mass is 35.5. The van der Waals surface area contributed by atoms with Crippen LogP contribution in [0.25, 0.3) is 21.6 Å². The minimum Gasteiger partial charge on any atom is -0.383 e. The van der Waals surface area contributed by atoms with E-state index < -0.39 is 0 Å². The van der Waals surface area contributed by atoms with Crippen molar-refractivity contribution in [2.75, 3.05) is 19.0 Å². The second-order valence-corrected chi connectivity index (χ2v) is 7.53. The van der Waals surface area contributed by atoms with Gasteiger partial charge in [0.2, 0.25) is 0 Å². The molecule has 0 bridgehead atoms. The highest BCUT2D eigenvalue weighted by molar-refractivity contribution is 7.13. The van der Waals surface area contributed by atoms with Crippen LogP contribution in [0.15, 0.2) is 60.0 Å². The number of amides is 1. The van der Waals surface area contributed by atoms with E-state index in [0.717, 1.165) is 21.6 Å². The van der Waals surface area contributed by atoms with E-state index in [1.54, 1.807) is 36.8 Å². The molecular formula is C21H18ClN3O2S. The van der Waals surface area contributed by atoms with Gasteiger partial charge in [-0.1, -0.05) is 29.8 Å². The standard InChI is InChI=1S/C21H18ClN3O2S/c1-27-11-10-25-18-5-3-2-4-14(18)12-19(25)21-24-17(13-28-21)20(26)23-16-8-6-15(22)7-9-16/h2-9,12-13H,10-11H2,1H3,(H,23,26). The number of para-hydroxylation sites is 1. The summed E-state index contributed by atoms with van der Waals surface area (Å²) >= 11 is 7.34. The van der Waals surface area contributed by atoms with E-state index in [0.29, 0.717) is 29.6 Å². The fraction of sp³-hybridized carbons (Fsp3) is 0.143. The summed E-state index contributed by atoms with van der Waals surface area (Å²) in [5, 5.41) is 7.18. The van der Waals surface area contributed by atoms with Gasteiger partial charge in [-0.05, 0) is 36.4 Å². The summed E-state index contributed by atoms with van der Waals surface area (Å²) in [5.74, 6) is -0.246. The quantitative estimate of drug-likeness (QED) is 0.467. The van der Waals surface area contributed by atoms with Gasteiger partial charge in [0.1, 0.15) is 10.7 Å². The summed E-state index contributed by atoms with van der Waals surface area (Å²) < 4.78 is 7.44. The van der Waals surface area contributed by atoms with Gasteiger partial charge < -0.3 is 14.6 Å². The third kappa shape index (κ3) is 3.80. The maximum Gasteiger partial charge on any atom is 0.275 e. The maximum atomic E-state index is 12.5. The monoisotopic (exact) mass is 411 g/mol. The lowest BCUT2D eigenvalue weighted by atomic mass is 10.2. The second kappa shape index (κ2) is 8.14. The first-order valence-corrected chi connectivity index (χ1v) is 10.0. The number of thiazole rings is 1. The Balaban J connectivity index is 1.63. The van der Waals surface area contributed by atoms with Crippen LogP contribution in [0.2, 0.25) is 5.02 Å². The molecule has 0 fully saturated rings. The largest absolute Gasteiger partial charge is 0.383 e. The molecular weight excluding hydrogens is 394 g/mol. The summed E-state index contributed by atoms with van der Waals surface area (Å²) in [7, 11) is 1.69. The maximum absolute atomic E-state index is 12.5. The summed E-state index contributed by atoms with van der Waals surface area (Å²) in [4.78, 5) is 17.1. The molecule has 0 aliphatic rings. The minimum atomic E-state index is -0.246. The van der Waals surface area contributed by atoms with Crippen molar-refractivity contribution >= 4 is 45.4 Å². The summed E-state index contributed by atoms with van der Waals surface area (Å²) in [5.41, 5.74) is 3.17. The topological polar surface area (TPSA) is 56.2 Å². The predicted octanol–water partition coefficient (Wildman–Crippen LogP) is 5.32. The molecule has 4 aromatic rings. The zero-order chi connectivity index (χ0) is 19.5. The Morgan fingerprint density at radius 1 is 1.21 bits per heavy atom. The van der Waals surface area contributed by atoms with Gasteiger partial charge in [-0.3, -0.25) is 4.79 Å². The van der Waals surface area contributed by atoms with Gasteiger partial charge >= 0.3 is 0 Å². The van der Waals surface area contributed by atoms with Crippen LogP contribution < -0.4 is 5.32 Å². The number of carbonyl (C=O) groups is 1. The first kappa shape index (κ1) is 18.7. The predicted molar refractivity (Wildman–Crippen MR) is 114 cm³/mol. The summed E-state index contributed by atoms with van der Waals surface area (Å²) in [6, 6.07) is 17.3. The van der Waals surface area contributed by atoms with Crippen molar-refractivity contribution in [2.24, 2.45) is 0 Å². The molecule has 0 atom stereocenters. The summed E-state index contributed by atoms with van der Waals surface area (Å²) in [6.45, 7) is 1.31. The number of benzene rings is 2. The van der Waals surface area contributed by atoms with Crippen LogP contribution in [0.3, 0.4) is 0 Å². The number of anilines is 1. The lowest BCUT2D eigenvalue weighted by molar-refractivity contribution is 0.102. The molecule has 0 spiro atoms. The number of ether oxygens (including phenoxy) is 1. The van der Waals surface area contributed by atoms with Crippen LogP contribution in [0, 0.1) is 0 Å². The number of methoxy groups -OCH3 is 1. The van der Waals surface area contributed by atoms with Gasteiger partial charge in [0.15, 0.2) is 0 Å². The Morgan fingerprint density at radius 3 is 2.79 bits per heavy atom. The van der Waals surface area contributed by atoms with Crippen molar-refractivity contribution in [2.45, 2.75) is 6.54 Å². The molecule has 2 heterocycles. The van der Waals surface area contributed by atoms with Crippen LogP contribution in [0.5, 0.6) is 0 Å². The van der Waals surface area contributed by atoms with Crippen molar-refractivity contribution in [1.29, 1.82) is 0 Å². The van der Waals surface area contributed by atoms with E-state index in [-0.39, 0.29) is 5.91 Å². The van der Waals surface area contributed by atoms with E-state index in [2.05, 4.69) is 33.1 Å². The smallest absolute Gasteiger partial charge is 0.275 e. The number of aromatic nitrogens is 2. The molecule has 4 rings (SSSR count). The third-order valence-corrected chi connectivity index (χ3v) is 5.50. The van der Waals surface area contributed by atoms with E-state index in [9.17, 15) is 4.79 Å². The number of nitrogens with zero attached hydrogens (tertiary/aromatic N) is 2. The summed E-state index contributed by atoms with van der Waals surface area (Å²) in [6.07, 6.45) is 0. The Kier molecular flexibility index (Phi) is 5.43. The van der Waals surface area contributed by atoms with Gasteiger partial charge in [0.05, 0.1) is 12.3 Å². The fourth-order valence-corrected chi connectivity index (χ4v) is 3.98. The number of fused-ring (bicyclic) bond motifs is 1. The number of hydrogen-bond acceptors (Lipinski definition) is 4. The SMILES string of the molecule is COCCn1c(-c2nc(C(=O)Nc3ccc(Cl)cc3)cs2)cc2ccccc21. The Labute approximate surface area is 171 Å². The molecule has 0 radical (unpaired) electrons. The van der Waals surface area contributed by atoms with Crippen molar-refractivity contribution in [3.63, 3.8) is 0 Å². The van der Waals surface area contributed by atoms with E-state index in [4.69, 9.17) is 16.3 Å². The van der Waals surface area contributed by atoms with Crippen LogP contribution in [-0.4, -0.2) is 29.2 Å². The van der Waals surface area contributed by atoms with Crippen LogP contribution in [0.4, 0.5) is 5.69 Å². The fourth-order valence-electron chi connectivity index (χ4n) is 3.04. The van der Waals surface area contributed by atoms with Gasteiger partial charge in [-0.25, -0.2) is 4.98 Å². The van der Waals surface area contributed by atoms with Crippen molar-refractivity contribution in [1.82, 2.24) is 9.55 Å². The lowest BCUT2D eigenvalue weighted by Gasteiger charge is -2.08. The zero-order valence-corrected chi connectivity index (χ0v) is 16.8.